The number of likely N-dealkylation sites (tertiary alicyclic amines) is 1. The van der Waals surface area contributed by atoms with Gasteiger partial charge in [-0.1, -0.05) is 31.2 Å². The number of ether oxygens (including phenoxy) is 1. The number of benzene rings is 2. The summed E-state index contributed by atoms with van der Waals surface area (Å²) in [5.74, 6) is 0.850. The van der Waals surface area contributed by atoms with Crippen LogP contribution < -0.4 is 9.64 Å². The van der Waals surface area contributed by atoms with Crippen molar-refractivity contribution in [2.45, 2.75) is 45.1 Å². The second kappa shape index (κ2) is 9.30. The van der Waals surface area contributed by atoms with E-state index in [-0.39, 0.29) is 28.4 Å². The minimum atomic E-state index is -0.527. The summed E-state index contributed by atoms with van der Waals surface area (Å²) in [5, 5.41) is 12.6. The van der Waals surface area contributed by atoms with Gasteiger partial charge in [-0.3, -0.25) is 4.98 Å². The molecule has 3 fully saturated rings. The van der Waals surface area contributed by atoms with E-state index in [1.165, 1.54) is 19.3 Å². The molecule has 0 spiro atoms. The number of pyridine rings is 1. The summed E-state index contributed by atoms with van der Waals surface area (Å²) >= 11 is 0. The number of fused-ring (bicyclic) bond motifs is 4. The van der Waals surface area contributed by atoms with E-state index in [1.807, 2.05) is 24.3 Å². The average Bonchev–Trinajstić information content (AvgIpc) is 3.46. The van der Waals surface area contributed by atoms with Crippen molar-refractivity contribution in [2.75, 3.05) is 38.2 Å². The van der Waals surface area contributed by atoms with Crippen LogP contribution in [0.3, 0.4) is 0 Å². The molecule has 2 aromatic carbocycles. The van der Waals surface area contributed by atoms with Crippen LogP contribution in [0.15, 0.2) is 42.6 Å². The van der Waals surface area contributed by atoms with Gasteiger partial charge in [0.25, 0.3) is 0 Å². The number of phenolic OH excluding ortho intramolecular Hbond substituents is 1. The van der Waals surface area contributed by atoms with Gasteiger partial charge in [-0.25, -0.2) is 4.39 Å². The molecule has 3 aliphatic rings. The second-order valence-electron chi connectivity index (χ2n) is 12.1. The molecule has 4 aromatic rings. The molecule has 4 heterocycles. The van der Waals surface area contributed by atoms with Crippen LogP contribution in [0.5, 0.6) is 11.8 Å². The minimum absolute atomic E-state index is 0.0649. The van der Waals surface area contributed by atoms with Gasteiger partial charge in [0.05, 0.1) is 5.39 Å². The van der Waals surface area contributed by atoms with Crippen molar-refractivity contribution in [3.63, 3.8) is 0 Å². The Labute approximate surface area is 227 Å². The lowest BCUT2D eigenvalue weighted by molar-refractivity contribution is 0.188. The van der Waals surface area contributed by atoms with Gasteiger partial charge >= 0.3 is 6.01 Å². The van der Waals surface area contributed by atoms with Gasteiger partial charge in [0.15, 0.2) is 5.82 Å². The molecule has 202 valence electrons. The van der Waals surface area contributed by atoms with Crippen LogP contribution in [0.25, 0.3) is 32.9 Å². The molecule has 7 rings (SSSR count). The number of rotatable bonds is 5. The third kappa shape index (κ3) is 4.35. The van der Waals surface area contributed by atoms with E-state index in [9.17, 15) is 5.11 Å². The van der Waals surface area contributed by atoms with Crippen molar-refractivity contribution >= 4 is 27.5 Å². The molecule has 2 aromatic heterocycles. The number of nitrogens with zero attached hydrogens (tertiary/aromatic N) is 5. The first-order chi connectivity index (χ1) is 18.9. The van der Waals surface area contributed by atoms with Crippen molar-refractivity contribution in [3.05, 3.63) is 48.4 Å². The molecule has 3 atom stereocenters. The molecular weight excluding hydrogens is 493 g/mol. The molecule has 0 radical (unpaired) electrons. The lowest BCUT2D eigenvalue weighted by atomic mass is 9.84. The van der Waals surface area contributed by atoms with E-state index < -0.39 is 5.82 Å². The summed E-state index contributed by atoms with van der Waals surface area (Å²) in [6.45, 7) is 5.64. The predicted octanol–water partition coefficient (Wildman–Crippen LogP) is 5.79. The Kier molecular flexibility index (Phi) is 5.84. The van der Waals surface area contributed by atoms with Gasteiger partial charge in [0, 0.05) is 30.9 Å². The Bertz CT molecular complexity index is 1580. The first-order valence-corrected chi connectivity index (χ1v) is 14.0. The fourth-order valence-electron chi connectivity index (χ4n) is 7.12. The number of aromatic nitrogens is 3. The molecule has 1 N–H and O–H groups in total. The molecule has 0 amide bonds. The van der Waals surface area contributed by atoms with Gasteiger partial charge in [-0.05, 0) is 79.9 Å². The highest BCUT2D eigenvalue weighted by atomic mass is 19.1. The fraction of sp³-hybridized carbons (Fsp3) is 0.452. The Balaban J connectivity index is 1.36. The molecule has 8 heteroatoms. The number of halogens is 1. The SMILES string of the molecule is CN1CCC[C@H]1COc1nc(N2CC3CCC(C)(C3)C2)c2cnc(-c3cc(O)cc4ccccc34)c(F)c2n1. The standard InChI is InChI=1S/C31H34FN5O2/c1-31-10-9-19(14-31)16-37(18-31)29-25-15-33-27(24-13-22(38)12-20-6-3-4-8-23(20)24)26(32)28(25)34-30(35-29)39-17-21-7-5-11-36(21)2/h3-4,6,8,12-13,15,19,21,38H,5,7,9-11,14,16-18H2,1-2H3/t19?,21-,31?/m0/s1. The van der Waals surface area contributed by atoms with E-state index in [0.29, 0.717) is 35.3 Å². The van der Waals surface area contributed by atoms with Crippen LogP contribution in [0.2, 0.25) is 0 Å². The van der Waals surface area contributed by atoms with Gasteiger partial charge in [0.2, 0.25) is 0 Å². The number of hydrogen-bond donors (Lipinski definition) is 1. The number of likely N-dealkylation sites (N-methyl/N-ethyl adjacent to an activating group) is 1. The number of anilines is 1. The van der Waals surface area contributed by atoms with Gasteiger partial charge in [-0.15, -0.1) is 0 Å². The second-order valence-corrected chi connectivity index (χ2v) is 12.1. The van der Waals surface area contributed by atoms with Crippen molar-refractivity contribution in [1.29, 1.82) is 0 Å². The summed E-state index contributed by atoms with van der Waals surface area (Å²) in [6, 6.07) is 11.4. The monoisotopic (exact) mass is 527 g/mol. The first kappa shape index (κ1) is 24.5. The highest BCUT2D eigenvalue weighted by Crippen LogP contribution is 2.48. The minimum Gasteiger partial charge on any atom is -0.508 e. The van der Waals surface area contributed by atoms with Crippen molar-refractivity contribution in [2.24, 2.45) is 11.3 Å². The maximum absolute atomic E-state index is 16.5. The highest BCUT2D eigenvalue weighted by molar-refractivity contribution is 5.99. The summed E-state index contributed by atoms with van der Waals surface area (Å²) < 4.78 is 22.6. The van der Waals surface area contributed by atoms with Crippen LogP contribution in [0, 0.1) is 17.2 Å². The number of aromatic hydroxyl groups is 1. The number of hydrogen-bond acceptors (Lipinski definition) is 7. The number of piperidine rings is 1. The van der Waals surface area contributed by atoms with Gasteiger partial charge in [0.1, 0.15) is 29.4 Å². The van der Waals surface area contributed by atoms with Crippen molar-refractivity contribution in [1.82, 2.24) is 19.9 Å². The zero-order valence-corrected chi connectivity index (χ0v) is 22.5. The Morgan fingerprint density at radius 1 is 1.15 bits per heavy atom. The lowest BCUT2D eigenvalue weighted by Gasteiger charge is -2.39. The van der Waals surface area contributed by atoms with Crippen LogP contribution in [-0.4, -0.2) is 64.3 Å². The van der Waals surface area contributed by atoms with E-state index in [0.717, 1.165) is 43.2 Å². The van der Waals surface area contributed by atoms with E-state index in [1.54, 1.807) is 18.3 Å². The van der Waals surface area contributed by atoms with Gasteiger partial charge < -0.3 is 19.6 Å². The summed E-state index contributed by atoms with van der Waals surface area (Å²) in [4.78, 5) is 18.7. The van der Waals surface area contributed by atoms with E-state index in [4.69, 9.17) is 9.72 Å². The summed E-state index contributed by atoms with van der Waals surface area (Å²) in [6.07, 6.45) is 7.55. The molecule has 7 nitrogen and oxygen atoms in total. The highest BCUT2D eigenvalue weighted by Gasteiger charge is 2.42. The van der Waals surface area contributed by atoms with E-state index in [2.05, 4.69) is 33.7 Å². The molecule has 2 unspecified atom stereocenters. The molecule has 2 bridgehead atoms. The maximum Gasteiger partial charge on any atom is 0.319 e. The zero-order chi connectivity index (χ0) is 26.7. The lowest BCUT2D eigenvalue weighted by Crippen LogP contribution is -2.42. The third-order valence-electron chi connectivity index (χ3n) is 9.11. The Hall–Kier alpha value is -3.52. The van der Waals surface area contributed by atoms with Crippen LogP contribution in [0.4, 0.5) is 10.2 Å². The fourth-order valence-corrected chi connectivity index (χ4v) is 7.12. The number of phenols is 1. The van der Waals surface area contributed by atoms with Crippen LogP contribution in [0.1, 0.15) is 39.0 Å². The molecule has 2 aliphatic heterocycles. The Morgan fingerprint density at radius 3 is 2.85 bits per heavy atom. The zero-order valence-electron chi connectivity index (χ0n) is 22.5. The van der Waals surface area contributed by atoms with Crippen molar-refractivity contribution in [3.8, 4) is 23.0 Å². The van der Waals surface area contributed by atoms with Crippen molar-refractivity contribution < 1.29 is 14.2 Å². The summed E-state index contributed by atoms with van der Waals surface area (Å²) in [7, 11) is 2.11. The van der Waals surface area contributed by atoms with Crippen LogP contribution in [-0.2, 0) is 0 Å². The molecular formula is C31H34FN5O2. The quantitative estimate of drug-likeness (QED) is 0.352. The largest absolute Gasteiger partial charge is 0.508 e. The first-order valence-electron chi connectivity index (χ1n) is 14.0. The topological polar surface area (TPSA) is 74.6 Å². The predicted molar refractivity (Wildman–Crippen MR) is 151 cm³/mol. The average molecular weight is 528 g/mol. The molecule has 1 aliphatic carbocycles. The third-order valence-corrected chi connectivity index (χ3v) is 9.11. The Morgan fingerprint density at radius 2 is 2.03 bits per heavy atom. The smallest absolute Gasteiger partial charge is 0.319 e. The summed E-state index contributed by atoms with van der Waals surface area (Å²) in [5.41, 5.74) is 1.13. The molecule has 2 saturated heterocycles. The molecule has 39 heavy (non-hydrogen) atoms. The molecule has 1 saturated carbocycles. The van der Waals surface area contributed by atoms with E-state index >= 15 is 4.39 Å². The normalized spacial score (nSPS) is 25.2. The van der Waals surface area contributed by atoms with Crippen LogP contribution >= 0.6 is 0 Å². The van der Waals surface area contributed by atoms with Gasteiger partial charge in [-0.2, -0.15) is 9.97 Å². The maximum atomic E-state index is 16.5.